The highest BCUT2D eigenvalue weighted by Crippen LogP contribution is 2.33. The third-order valence-corrected chi connectivity index (χ3v) is 8.69. The van der Waals surface area contributed by atoms with E-state index in [1.165, 1.54) is 11.3 Å². The van der Waals surface area contributed by atoms with Crippen LogP contribution in [0.4, 0.5) is 5.00 Å². The van der Waals surface area contributed by atoms with Crippen LogP contribution in [0.5, 0.6) is 0 Å². The van der Waals surface area contributed by atoms with Gasteiger partial charge in [-0.3, -0.25) is 24.1 Å². The van der Waals surface area contributed by atoms with Crippen molar-refractivity contribution in [3.8, 4) is 0 Å². The van der Waals surface area contributed by atoms with Gasteiger partial charge in [-0.2, -0.15) is 0 Å². The Morgan fingerprint density at radius 3 is 2.28 bits per heavy atom. The molecule has 2 heterocycles. The fourth-order valence-electron chi connectivity index (χ4n) is 5.26. The molecular weight excluding hydrogens is 574 g/mol. The van der Waals surface area contributed by atoms with Crippen molar-refractivity contribution >= 4 is 50.1 Å². The second-order valence-electron chi connectivity index (χ2n) is 10.4. The van der Waals surface area contributed by atoms with Crippen LogP contribution in [0.15, 0.2) is 78.9 Å². The van der Waals surface area contributed by atoms with Crippen molar-refractivity contribution in [1.29, 1.82) is 0 Å². The molecule has 6 rings (SSSR count). The Labute approximate surface area is 249 Å². The Balaban J connectivity index is 1.17. The number of carbonyl (C=O) groups excluding carboxylic acids is 4. The van der Waals surface area contributed by atoms with Gasteiger partial charge < -0.3 is 14.9 Å². The van der Waals surface area contributed by atoms with Crippen LogP contribution in [0.1, 0.15) is 50.6 Å². The summed E-state index contributed by atoms with van der Waals surface area (Å²) in [4.78, 5) is 68.2. The van der Waals surface area contributed by atoms with E-state index in [2.05, 4.69) is 10.2 Å². The van der Waals surface area contributed by atoms with Gasteiger partial charge >= 0.3 is 5.97 Å². The molecule has 1 aliphatic heterocycles. The van der Waals surface area contributed by atoms with Gasteiger partial charge in [0.25, 0.3) is 16.9 Å². The standard InChI is InChI=1S/C31H25N3O8S/c35-28(32-27-15-20-5-1-4-8-26(20)43-27)25(16-33-29(36)23-6-2-3-7-24(23)30(33)37)19-11-9-18(10-12-19)17-41-31(38)21-13-22(14-21)42-34(39)40/h1-12,15,21-22,25H,13-14,16-17H2,(H,32,35)/t21?,22?,25-/m1/s1. The Hall–Kier alpha value is -5.10. The topological polar surface area (TPSA) is 145 Å². The van der Waals surface area contributed by atoms with E-state index >= 15 is 0 Å². The normalized spacial score (nSPS) is 18.1. The summed E-state index contributed by atoms with van der Waals surface area (Å²) in [5.74, 6) is -3.07. The molecule has 1 saturated carbocycles. The molecule has 1 N–H and O–H groups in total. The Kier molecular flexibility index (Phi) is 7.59. The molecule has 3 aromatic carbocycles. The van der Waals surface area contributed by atoms with Crippen LogP contribution in [-0.4, -0.2) is 46.3 Å². The maximum Gasteiger partial charge on any atom is 0.309 e. The number of nitrogens with one attached hydrogen (secondary N) is 1. The number of amides is 3. The van der Waals surface area contributed by atoms with Gasteiger partial charge in [0, 0.05) is 11.2 Å². The number of hydrogen-bond donors (Lipinski definition) is 1. The molecule has 4 aromatic rings. The number of carbonyl (C=O) groups is 4. The lowest BCUT2D eigenvalue weighted by atomic mass is 9.82. The zero-order chi connectivity index (χ0) is 30.1. The van der Waals surface area contributed by atoms with E-state index in [1.807, 2.05) is 30.3 Å². The summed E-state index contributed by atoms with van der Waals surface area (Å²) < 4.78 is 6.38. The number of rotatable bonds is 10. The molecule has 1 fully saturated rings. The van der Waals surface area contributed by atoms with Crippen molar-refractivity contribution < 1.29 is 33.8 Å². The highest BCUT2D eigenvalue weighted by atomic mass is 32.1. The number of hydrogen-bond acceptors (Lipinski definition) is 9. The smallest absolute Gasteiger partial charge is 0.309 e. The second kappa shape index (κ2) is 11.6. The van der Waals surface area contributed by atoms with Crippen LogP contribution in [0.2, 0.25) is 0 Å². The van der Waals surface area contributed by atoms with Crippen molar-refractivity contribution in [2.24, 2.45) is 5.92 Å². The Morgan fingerprint density at radius 1 is 0.977 bits per heavy atom. The van der Waals surface area contributed by atoms with E-state index in [-0.39, 0.29) is 31.9 Å². The molecule has 1 atom stereocenters. The first-order valence-corrected chi connectivity index (χ1v) is 14.4. The highest BCUT2D eigenvalue weighted by molar-refractivity contribution is 7.22. The van der Waals surface area contributed by atoms with Crippen LogP contribution in [-0.2, 0) is 25.8 Å². The second-order valence-corrected chi connectivity index (χ2v) is 11.5. The van der Waals surface area contributed by atoms with Gasteiger partial charge in [-0.25, -0.2) is 0 Å². The molecule has 0 spiro atoms. The van der Waals surface area contributed by atoms with E-state index < -0.39 is 40.8 Å². The first-order chi connectivity index (χ1) is 20.8. The van der Waals surface area contributed by atoms with E-state index in [1.54, 1.807) is 48.5 Å². The summed E-state index contributed by atoms with van der Waals surface area (Å²) in [5, 5.41) is 14.1. The van der Waals surface area contributed by atoms with Crippen LogP contribution >= 0.6 is 11.3 Å². The number of esters is 1. The summed E-state index contributed by atoms with van der Waals surface area (Å²) in [6.07, 6.45) is -0.134. The van der Waals surface area contributed by atoms with Crippen LogP contribution in [0, 0.1) is 16.0 Å². The summed E-state index contributed by atoms with van der Waals surface area (Å²) in [7, 11) is 0. The average Bonchev–Trinajstić information content (AvgIpc) is 3.50. The number of benzene rings is 3. The number of fused-ring (bicyclic) bond motifs is 2. The van der Waals surface area contributed by atoms with E-state index in [0.29, 0.717) is 27.3 Å². The molecule has 0 radical (unpaired) electrons. The van der Waals surface area contributed by atoms with Crippen molar-refractivity contribution in [3.05, 3.63) is 111 Å². The predicted molar refractivity (Wildman–Crippen MR) is 156 cm³/mol. The molecular formula is C31H25N3O8S. The van der Waals surface area contributed by atoms with Gasteiger partial charge in [-0.1, -0.05) is 54.6 Å². The highest BCUT2D eigenvalue weighted by Gasteiger charge is 2.39. The maximum atomic E-state index is 13.7. The largest absolute Gasteiger partial charge is 0.461 e. The predicted octanol–water partition coefficient (Wildman–Crippen LogP) is 4.95. The van der Waals surface area contributed by atoms with E-state index in [4.69, 9.17) is 4.74 Å². The molecule has 2 aliphatic rings. The van der Waals surface area contributed by atoms with E-state index in [9.17, 15) is 29.3 Å². The minimum atomic E-state index is -0.877. The molecule has 43 heavy (non-hydrogen) atoms. The van der Waals surface area contributed by atoms with Gasteiger partial charge in [0.1, 0.15) is 12.7 Å². The van der Waals surface area contributed by atoms with Crippen LogP contribution < -0.4 is 5.32 Å². The summed E-state index contributed by atoms with van der Waals surface area (Å²) in [6.45, 7) is -0.181. The van der Waals surface area contributed by atoms with Crippen molar-refractivity contribution in [1.82, 2.24) is 4.90 Å². The third-order valence-electron chi connectivity index (χ3n) is 7.66. The Bertz CT molecular complexity index is 1680. The first kappa shape index (κ1) is 28.0. The fraction of sp³-hybridized carbons (Fsp3) is 0.226. The lowest BCUT2D eigenvalue weighted by Gasteiger charge is -2.31. The first-order valence-electron chi connectivity index (χ1n) is 13.6. The monoisotopic (exact) mass is 599 g/mol. The van der Waals surface area contributed by atoms with Crippen molar-refractivity contribution in [2.75, 3.05) is 11.9 Å². The molecule has 1 aliphatic carbocycles. The molecule has 0 saturated heterocycles. The number of anilines is 1. The van der Waals surface area contributed by atoms with E-state index in [0.717, 1.165) is 15.0 Å². The number of ether oxygens (including phenoxy) is 1. The average molecular weight is 600 g/mol. The summed E-state index contributed by atoms with van der Waals surface area (Å²) in [6, 6.07) is 23.0. The van der Waals surface area contributed by atoms with Gasteiger partial charge in [0.05, 0.1) is 28.0 Å². The van der Waals surface area contributed by atoms with Crippen LogP contribution in [0.3, 0.4) is 0 Å². The molecule has 0 bridgehead atoms. The third kappa shape index (κ3) is 5.82. The van der Waals surface area contributed by atoms with Gasteiger partial charge in [-0.05, 0) is 53.6 Å². The van der Waals surface area contributed by atoms with Crippen molar-refractivity contribution in [3.63, 3.8) is 0 Å². The fourth-order valence-corrected chi connectivity index (χ4v) is 6.23. The lowest BCUT2D eigenvalue weighted by molar-refractivity contribution is -0.772. The number of thiophene rings is 1. The maximum absolute atomic E-state index is 13.7. The van der Waals surface area contributed by atoms with Gasteiger partial charge in [-0.15, -0.1) is 21.5 Å². The zero-order valence-corrected chi connectivity index (χ0v) is 23.5. The van der Waals surface area contributed by atoms with Crippen molar-refractivity contribution in [2.45, 2.75) is 31.5 Å². The molecule has 11 nitrogen and oxygen atoms in total. The minimum absolute atomic E-state index is 0.0204. The summed E-state index contributed by atoms with van der Waals surface area (Å²) in [5.41, 5.74) is 1.84. The molecule has 218 valence electrons. The quantitative estimate of drug-likeness (QED) is 0.117. The zero-order valence-electron chi connectivity index (χ0n) is 22.6. The SMILES string of the molecule is O=C(OCc1ccc([C@@H](CN2C(=O)c3ccccc3C2=O)C(=O)Nc2cc3ccccc3s2)cc1)C1CC(O[N+](=O)[O-])C1. The number of imide groups is 1. The van der Waals surface area contributed by atoms with Gasteiger partial charge in [0.2, 0.25) is 5.91 Å². The molecule has 3 amide bonds. The summed E-state index contributed by atoms with van der Waals surface area (Å²) >= 11 is 1.43. The molecule has 12 heteroatoms. The molecule has 1 aromatic heterocycles. The van der Waals surface area contributed by atoms with Crippen LogP contribution in [0.25, 0.3) is 10.1 Å². The van der Waals surface area contributed by atoms with Gasteiger partial charge in [0.15, 0.2) is 0 Å². The number of nitrogens with zero attached hydrogens (tertiary/aromatic N) is 2. The lowest BCUT2D eigenvalue weighted by Crippen LogP contribution is -2.38. The Morgan fingerprint density at radius 2 is 1.63 bits per heavy atom. The minimum Gasteiger partial charge on any atom is -0.461 e. The molecule has 0 unspecified atom stereocenters.